The molecule has 1 saturated heterocycles. The lowest BCUT2D eigenvalue weighted by Crippen LogP contribution is -2.06. The molecule has 1 rings (SSSR count). The summed E-state index contributed by atoms with van der Waals surface area (Å²) in [6, 6.07) is 3.03. The number of hydrogen-bond acceptors (Lipinski definition) is 0. The van der Waals surface area contributed by atoms with Gasteiger partial charge in [0.15, 0.2) is 0 Å². The third kappa shape index (κ3) is 1.46. The number of halogens is 1. The molecule has 1 aliphatic rings. The lowest BCUT2D eigenvalue weighted by Gasteiger charge is -1.95. The highest BCUT2D eigenvalue weighted by Gasteiger charge is 2.14. The van der Waals surface area contributed by atoms with Crippen LogP contribution in [0.3, 0.4) is 0 Å². The van der Waals surface area contributed by atoms with Gasteiger partial charge in [-0.05, 0) is 0 Å². The fraction of sp³-hybridized carbons (Fsp3) is 1.00. The van der Waals surface area contributed by atoms with E-state index in [1.807, 2.05) is 0 Å². The maximum Gasteiger partial charge on any atom is 0.0540 e. The standard InChI is InChI=1S/C5H11ClSi/c6-5-7-3-1-2-4-7/h7H,1-5H2. The van der Waals surface area contributed by atoms with Crippen molar-refractivity contribution >= 4 is 20.4 Å². The molecule has 0 amide bonds. The smallest absolute Gasteiger partial charge is 0.0540 e. The number of hydrogen-bond donors (Lipinski definition) is 0. The van der Waals surface area contributed by atoms with Crippen LogP contribution in [0.25, 0.3) is 0 Å². The summed E-state index contributed by atoms with van der Waals surface area (Å²) in [4.78, 5) is 0. The van der Waals surface area contributed by atoms with E-state index in [1.165, 1.54) is 24.9 Å². The van der Waals surface area contributed by atoms with Crippen LogP contribution in [-0.2, 0) is 0 Å². The predicted molar refractivity (Wildman–Crippen MR) is 36.7 cm³/mol. The summed E-state index contributed by atoms with van der Waals surface area (Å²) in [7, 11) is -0.295. The molecule has 0 bridgehead atoms. The fourth-order valence-corrected chi connectivity index (χ4v) is 4.42. The third-order valence-electron chi connectivity index (χ3n) is 1.69. The Bertz CT molecular complexity index is 50.0. The summed E-state index contributed by atoms with van der Waals surface area (Å²) in [5.74, 6) is 0. The zero-order valence-corrected chi connectivity index (χ0v) is 6.40. The van der Waals surface area contributed by atoms with E-state index in [-0.39, 0.29) is 8.80 Å². The average molecular weight is 135 g/mol. The van der Waals surface area contributed by atoms with Crippen LogP contribution in [0, 0.1) is 0 Å². The van der Waals surface area contributed by atoms with Gasteiger partial charge in [-0.1, -0.05) is 24.9 Å². The van der Waals surface area contributed by atoms with Gasteiger partial charge in [0, 0.05) is 5.50 Å². The minimum atomic E-state index is -0.295. The van der Waals surface area contributed by atoms with Crippen LogP contribution >= 0.6 is 11.6 Å². The monoisotopic (exact) mass is 134 g/mol. The van der Waals surface area contributed by atoms with Crippen LogP contribution in [0.4, 0.5) is 0 Å². The van der Waals surface area contributed by atoms with E-state index in [0.717, 1.165) is 5.50 Å². The first kappa shape index (κ1) is 5.64. The molecule has 0 aromatic heterocycles. The molecule has 0 aliphatic carbocycles. The Kier molecular flexibility index (Phi) is 2.20. The molecular weight excluding hydrogens is 124 g/mol. The predicted octanol–water partition coefficient (Wildman–Crippen LogP) is 1.79. The first-order chi connectivity index (χ1) is 3.43. The van der Waals surface area contributed by atoms with Gasteiger partial charge in [-0.15, -0.1) is 11.6 Å². The van der Waals surface area contributed by atoms with Crippen molar-refractivity contribution in [2.24, 2.45) is 0 Å². The highest BCUT2D eigenvalue weighted by molar-refractivity contribution is 6.67. The molecule has 1 aliphatic heterocycles. The van der Waals surface area contributed by atoms with Crippen molar-refractivity contribution in [3.8, 4) is 0 Å². The minimum Gasteiger partial charge on any atom is -0.131 e. The molecule has 7 heavy (non-hydrogen) atoms. The van der Waals surface area contributed by atoms with E-state index in [4.69, 9.17) is 11.6 Å². The summed E-state index contributed by atoms with van der Waals surface area (Å²) < 4.78 is 0. The van der Waals surface area contributed by atoms with Gasteiger partial charge >= 0.3 is 0 Å². The van der Waals surface area contributed by atoms with Gasteiger partial charge in [0.1, 0.15) is 0 Å². The molecule has 0 radical (unpaired) electrons. The molecule has 0 atom stereocenters. The van der Waals surface area contributed by atoms with Crippen LogP contribution in [-0.4, -0.2) is 14.3 Å². The molecule has 1 heterocycles. The van der Waals surface area contributed by atoms with Crippen molar-refractivity contribution in [3.63, 3.8) is 0 Å². The largest absolute Gasteiger partial charge is 0.131 e. The van der Waals surface area contributed by atoms with Crippen molar-refractivity contribution in [1.29, 1.82) is 0 Å². The molecule has 0 N–H and O–H groups in total. The van der Waals surface area contributed by atoms with Crippen molar-refractivity contribution in [2.45, 2.75) is 24.9 Å². The Morgan fingerprint density at radius 3 is 2.14 bits per heavy atom. The van der Waals surface area contributed by atoms with Gasteiger partial charge in [-0.3, -0.25) is 0 Å². The van der Waals surface area contributed by atoms with Crippen LogP contribution in [0.5, 0.6) is 0 Å². The Labute approximate surface area is 51.5 Å². The SMILES string of the molecule is ClC[SiH]1CCCC1. The first-order valence-corrected chi connectivity index (χ1v) is 5.98. The van der Waals surface area contributed by atoms with Gasteiger partial charge in [0.25, 0.3) is 0 Å². The maximum atomic E-state index is 5.67. The molecule has 0 spiro atoms. The Hall–Kier alpha value is 0.507. The zero-order chi connectivity index (χ0) is 5.11. The van der Waals surface area contributed by atoms with Crippen LogP contribution in [0.15, 0.2) is 0 Å². The lowest BCUT2D eigenvalue weighted by molar-refractivity contribution is 0.935. The van der Waals surface area contributed by atoms with Crippen molar-refractivity contribution in [2.75, 3.05) is 5.50 Å². The number of rotatable bonds is 1. The first-order valence-electron chi connectivity index (χ1n) is 2.99. The Morgan fingerprint density at radius 2 is 1.86 bits per heavy atom. The van der Waals surface area contributed by atoms with Crippen LogP contribution < -0.4 is 0 Å². The molecule has 1 fully saturated rings. The normalized spacial score (nSPS) is 23.6. The summed E-state index contributed by atoms with van der Waals surface area (Å²) in [5.41, 5.74) is 1.03. The molecule has 2 heteroatoms. The van der Waals surface area contributed by atoms with Gasteiger partial charge in [0.2, 0.25) is 0 Å². The average Bonchev–Trinajstić information content (AvgIpc) is 2.14. The summed E-state index contributed by atoms with van der Waals surface area (Å²) >= 11 is 5.67. The zero-order valence-electron chi connectivity index (χ0n) is 4.49. The van der Waals surface area contributed by atoms with E-state index in [1.54, 1.807) is 0 Å². The van der Waals surface area contributed by atoms with E-state index < -0.39 is 0 Å². The maximum absolute atomic E-state index is 5.67. The van der Waals surface area contributed by atoms with Crippen molar-refractivity contribution in [1.82, 2.24) is 0 Å². The van der Waals surface area contributed by atoms with E-state index >= 15 is 0 Å². The summed E-state index contributed by atoms with van der Waals surface area (Å²) in [6.07, 6.45) is 2.95. The van der Waals surface area contributed by atoms with Crippen molar-refractivity contribution in [3.05, 3.63) is 0 Å². The van der Waals surface area contributed by atoms with E-state index in [2.05, 4.69) is 0 Å². The molecule has 0 aromatic rings. The highest BCUT2D eigenvalue weighted by atomic mass is 35.5. The molecule has 0 aromatic carbocycles. The number of alkyl halides is 1. The lowest BCUT2D eigenvalue weighted by atomic mass is 10.4. The van der Waals surface area contributed by atoms with E-state index in [0.29, 0.717) is 0 Å². The third-order valence-corrected chi connectivity index (χ3v) is 5.89. The molecular formula is C5H11ClSi. The van der Waals surface area contributed by atoms with Crippen molar-refractivity contribution < 1.29 is 0 Å². The van der Waals surface area contributed by atoms with Gasteiger partial charge in [-0.2, -0.15) is 0 Å². The summed E-state index contributed by atoms with van der Waals surface area (Å²) in [5, 5.41) is 0. The minimum absolute atomic E-state index is 0.295. The second-order valence-electron chi connectivity index (χ2n) is 2.30. The molecule has 42 valence electrons. The van der Waals surface area contributed by atoms with E-state index in [9.17, 15) is 0 Å². The quantitative estimate of drug-likeness (QED) is 0.379. The van der Waals surface area contributed by atoms with Crippen LogP contribution in [0.2, 0.25) is 12.1 Å². The van der Waals surface area contributed by atoms with Gasteiger partial charge in [0.05, 0.1) is 8.80 Å². The molecule has 0 nitrogen and oxygen atoms in total. The Morgan fingerprint density at radius 1 is 1.29 bits per heavy atom. The van der Waals surface area contributed by atoms with Crippen LogP contribution in [0.1, 0.15) is 12.8 Å². The Balaban J connectivity index is 2.14. The topological polar surface area (TPSA) is 0 Å². The van der Waals surface area contributed by atoms with Gasteiger partial charge in [-0.25, -0.2) is 0 Å². The second-order valence-corrected chi connectivity index (χ2v) is 6.43. The molecule has 0 saturated carbocycles. The molecule has 0 unspecified atom stereocenters. The van der Waals surface area contributed by atoms with Gasteiger partial charge < -0.3 is 0 Å². The fourth-order valence-electron chi connectivity index (χ4n) is 1.16. The highest BCUT2D eigenvalue weighted by Crippen LogP contribution is 2.19. The second kappa shape index (κ2) is 2.73. The summed E-state index contributed by atoms with van der Waals surface area (Å²) in [6.45, 7) is 0.